The summed E-state index contributed by atoms with van der Waals surface area (Å²) >= 11 is 0. The number of ether oxygens (including phenoxy) is 1. The first-order valence-corrected chi connectivity index (χ1v) is 13.0. The fraction of sp³-hybridized carbons (Fsp3) is 0.290. The predicted molar refractivity (Wildman–Crippen MR) is 148 cm³/mol. The molecule has 4 rings (SSSR count). The number of nitrogens with zero attached hydrogens (tertiary/aromatic N) is 2. The Hall–Kier alpha value is -4.26. The minimum atomic E-state index is -0.294. The van der Waals surface area contributed by atoms with Gasteiger partial charge in [-0.25, -0.2) is 0 Å². The maximum Gasteiger partial charge on any atom is 0.305 e. The Morgan fingerprint density at radius 3 is 2.32 bits per heavy atom. The number of aromatic nitrogens is 2. The predicted octanol–water partition coefficient (Wildman–Crippen LogP) is 7.27. The van der Waals surface area contributed by atoms with Crippen molar-refractivity contribution in [1.29, 1.82) is 0 Å². The van der Waals surface area contributed by atoms with Crippen LogP contribution in [0.25, 0.3) is 22.8 Å². The first-order valence-electron chi connectivity index (χ1n) is 13.0. The number of ketones is 1. The third-order valence-electron chi connectivity index (χ3n) is 6.42. The summed E-state index contributed by atoms with van der Waals surface area (Å²) in [5.41, 5.74) is 4.54. The Kier molecular flexibility index (Phi) is 9.40. The molecule has 1 N–H and O–H groups in total. The molecule has 0 aliphatic rings. The van der Waals surface area contributed by atoms with E-state index in [2.05, 4.69) is 39.3 Å². The minimum Gasteiger partial charge on any atom is -0.469 e. The van der Waals surface area contributed by atoms with Crippen molar-refractivity contribution in [2.75, 3.05) is 12.4 Å². The molecule has 0 bridgehead atoms. The number of benzene rings is 3. The maximum absolute atomic E-state index is 12.5. The second-order valence-electron chi connectivity index (χ2n) is 9.18. The van der Waals surface area contributed by atoms with Crippen molar-refractivity contribution < 1.29 is 18.8 Å². The van der Waals surface area contributed by atoms with Gasteiger partial charge < -0.3 is 14.6 Å². The van der Waals surface area contributed by atoms with Crippen molar-refractivity contribution in [3.63, 3.8) is 0 Å². The van der Waals surface area contributed by atoms with Gasteiger partial charge in [-0.15, -0.1) is 0 Å². The smallest absolute Gasteiger partial charge is 0.305 e. The Morgan fingerprint density at radius 1 is 0.895 bits per heavy atom. The van der Waals surface area contributed by atoms with E-state index in [0.29, 0.717) is 30.1 Å². The number of hydrogen-bond acceptors (Lipinski definition) is 7. The van der Waals surface area contributed by atoms with Crippen LogP contribution < -0.4 is 5.32 Å². The van der Waals surface area contributed by atoms with Crippen molar-refractivity contribution >= 4 is 17.4 Å². The number of Topliss-reactive ketones (excluding diaryl/α,β-unsaturated/α-hetero) is 1. The molecule has 0 saturated heterocycles. The first-order chi connectivity index (χ1) is 18.6. The zero-order valence-electron chi connectivity index (χ0n) is 21.9. The number of hydrogen-bond donors (Lipinski definition) is 1. The van der Waals surface area contributed by atoms with Crippen molar-refractivity contribution in [2.24, 2.45) is 0 Å². The molecule has 3 aromatic carbocycles. The average molecular weight is 512 g/mol. The molecular formula is C31H33N3O4. The van der Waals surface area contributed by atoms with E-state index in [1.54, 1.807) is 0 Å². The number of esters is 1. The summed E-state index contributed by atoms with van der Waals surface area (Å²) in [6.07, 6.45) is 4.21. The standard InChI is InChI=1S/C31H33N3O4/c1-3-4-11-27(32-26-20-18-23(19-21-26)28(35)12-8-13-29(36)37-2)22-14-16-24(17-15-22)30-33-31(38-34-30)25-9-6-5-7-10-25/h5-7,9-10,14-21,27,32H,3-4,8,11-13H2,1-2H3. The van der Waals surface area contributed by atoms with Crippen LogP contribution >= 0.6 is 0 Å². The third-order valence-corrected chi connectivity index (χ3v) is 6.42. The van der Waals surface area contributed by atoms with Crippen molar-refractivity contribution in [3.05, 3.63) is 90.0 Å². The number of carbonyl (C=O) groups excluding carboxylic acids is 2. The highest BCUT2D eigenvalue weighted by Gasteiger charge is 2.15. The molecule has 0 saturated carbocycles. The number of carbonyl (C=O) groups is 2. The van der Waals surface area contributed by atoms with Crippen molar-refractivity contribution in [2.45, 2.75) is 51.5 Å². The van der Waals surface area contributed by atoms with Crippen LogP contribution in [0.15, 0.2) is 83.4 Å². The Bertz CT molecular complexity index is 1320. The van der Waals surface area contributed by atoms with Gasteiger partial charge in [0.25, 0.3) is 5.89 Å². The molecule has 1 unspecified atom stereocenters. The third kappa shape index (κ3) is 7.16. The number of methoxy groups -OCH3 is 1. The zero-order valence-corrected chi connectivity index (χ0v) is 21.9. The van der Waals surface area contributed by atoms with Crippen LogP contribution in [0, 0.1) is 0 Å². The van der Waals surface area contributed by atoms with Crippen LogP contribution in [0.3, 0.4) is 0 Å². The van der Waals surface area contributed by atoms with Gasteiger partial charge in [0.05, 0.1) is 13.2 Å². The van der Waals surface area contributed by atoms with Crippen molar-refractivity contribution in [1.82, 2.24) is 10.1 Å². The van der Waals surface area contributed by atoms with E-state index >= 15 is 0 Å². The van der Waals surface area contributed by atoms with Gasteiger partial charge in [0.2, 0.25) is 5.82 Å². The van der Waals surface area contributed by atoms with Crippen LogP contribution in [-0.4, -0.2) is 29.0 Å². The van der Waals surface area contributed by atoms with E-state index in [9.17, 15) is 9.59 Å². The van der Waals surface area contributed by atoms with E-state index in [1.165, 1.54) is 7.11 Å². The quantitative estimate of drug-likeness (QED) is 0.149. The van der Waals surface area contributed by atoms with Gasteiger partial charge in [0.15, 0.2) is 5.78 Å². The minimum absolute atomic E-state index is 0.0236. The molecule has 0 aliphatic carbocycles. The second kappa shape index (κ2) is 13.3. The molecule has 0 aliphatic heterocycles. The van der Waals surface area contributed by atoms with Gasteiger partial charge in [-0.05, 0) is 54.8 Å². The summed E-state index contributed by atoms with van der Waals surface area (Å²) in [6.45, 7) is 2.18. The molecule has 0 spiro atoms. The summed E-state index contributed by atoms with van der Waals surface area (Å²) < 4.78 is 10.1. The highest BCUT2D eigenvalue weighted by Crippen LogP contribution is 2.28. The van der Waals surface area contributed by atoms with Gasteiger partial charge in [-0.3, -0.25) is 9.59 Å². The van der Waals surface area contributed by atoms with E-state index in [1.807, 2.05) is 66.7 Å². The van der Waals surface area contributed by atoms with Gasteiger partial charge in [-0.2, -0.15) is 4.98 Å². The van der Waals surface area contributed by atoms with Gasteiger partial charge in [0.1, 0.15) is 0 Å². The lowest BCUT2D eigenvalue weighted by molar-refractivity contribution is -0.140. The van der Waals surface area contributed by atoms with Gasteiger partial charge in [0, 0.05) is 35.2 Å². The summed E-state index contributed by atoms with van der Waals surface area (Å²) in [6, 6.07) is 25.6. The van der Waals surface area contributed by atoms with Gasteiger partial charge >= 0.3 is 5.97 Å². The molecule has 7 nitrogen and oxygen atoms in total. The summed E-state index contributed by atoms with van der Waals surface area (Å²) in [7, 11) is 1.35. The fourth-order valence-corrected chi connectivity index (χ4v) is 4.23. The number of rotatable bonds is 13. The Balaban J connectivity index is 1.41. The molecule has 7 heteroatoms. The molecule has 0 radical (unpaired) electrons. The Labute approximate surface area is 223 Å². The van der Waals surface area contributed by atoms with Crippen LogP contribution in [0.1, 0.15) is 67.4 Å². The molecule has 1 heterocycles. The SMILES string of the molecule is CCCCC(Nc1ccc(C(=O)CCCC(=O)OC)cc1)c1ccc(-c2noc(-c3ccccc3)n2)cc1. The highest BCUT2D eigenvalue weighted by atomic mass is 16.5. The van der Waals surface area contributed by atoms with E-state index in [-0.39, 0.29) is 24.2 Å². The molecule has 38 heavy (non-hydrogen) atoms. The van der Waals surface area contributed by atoms with Crippen molar-refractivity contribution in [3.8, 4) is 22.8 Å². The number of unbranched alkanes of at least 4 members (excludes halogenated alkanes) is 1. The summed E-state index contributed by atoms with van der Waals surface area (Å²) in [4.78, 5) is 28.3. The lowest BCUT2D eigenvalue weighted by atomic mass is 9.99. The van der Waals surface area contributed by atoms with Crippen LogP contribution in [0.2, 0.25) is 0 Å². The molecule has 1 aromatic heterocycles. The van der Waals surface area contributed by atoms with E-state index < -0.39 is 0 Å². The normalized spacial score (nSPS) is 11.6. The largest absolute Gasteiger partial charge is 0.469 e. The van der Waals surface area contributed by atoms with Gasteiger partial charge in [-0.1, -0.05) is 67.4 Å². The number of nitrogens with one attached hydrogen (secondary N) is 1. The lowest BCUT2D eigenvalue weighted by Gasteiger charge is -2.21. The Morgan fingerprint density at radius 2 is 1.63 bits per heavy atom. The first kappa shape index (κ1) is 26.8. The zero-order chi connectivity index (χ0) is 26.7. The molecule has 196 valence electrons. The summed E-state index contributed by atoms with van der Waals surface area (Å²) in [5.74, 6) is 0.783. The van der Waals surface area contributed by atoms with Crippen LogP contribution in [0.4, 0.5) is 5.69 Å². The van der Waals surface area contributed by atoms with Crippen LogP contribution in [0.5, 0.6) is 0 Å². The molecule has 4 aromatic rings. The van der Waals surface area contributed by atoms with E-state index in [0.717, 1.165) is 41.6 Å². The molecule has 0 amide bonds. The summed E-state index contributed by atoms with van der Waals surface area (Å²) in [5, 5.41) is 7.78. The lowest BCUT2D eigenvalue weighted by Crippen LogP contribution is -2.11. The monoisotopic (exact) mass is 511 g/mol. The fourth-order valence-electron chi connectivity index (χ4n) is 4.23. The number of anilines is 1. The van der Waals surface area contributed by atoms with Crippen LogP contribution in [-0.2, 0) is 9.53 Å². The topological polar surface area (TPSA) is 94.3 Å². The molecule has 0 fully saturated rings. The average Bonchev–Trinajstić information content (AvgIpc) is 3.46. The second-order valence-corrected chi connectivity index (χ2v) is 9.18. The molecular weight excluding hydrogens is 478 g/mol. The molecule has 1 atom stereocenters. The van der Waals surface area contributed by atoms with E-state index in [4.69, 9.17) is 4.52 Å². The maximum atomic E-state index is 12.5. The highest BCUT2D eigenvalue weighted by molar-refractivity contribution is 5.96.